The van der Waals surface area contributed by atoms with E-state index >= 15 is 0 Å². The quantitative estimate of drug-likeness (QED) is 0.139. The molecule has 0 fully saturated rings. The van der Waals surface area contributed by atoms with E-state index in [1.807, 2.05) is 42.8 Å². The number of aryl methyl sites for hydroxylation is 2. The number of H-pyrrole nitrogens is 1. The molecule has 0 bridgehead atoms. The predicted molar refractivity (Wildman–Crippen MR) is 230 cm³/mol. The lowest BCUT2D eigenvalue weighted by molar-refractivity contribution is 0.0580. The van der Waals surface area contributed by atoms with Crippen LogP contribution < -0.4 is 20.4 Å². The Bertz CT molecular complexity index is 2860. The lowest BCUT2D eigenvalue weighted by Gasteiger charge is -2.20. The summed E-state index contributed by atoms with van der Waals surface area (Å²) in [6.45, 7) is 4.38. The molecule has 2 aliphatic heterocycles. The number of rotatable bonds is 7. The Balaban J connectivity index is 0.000000164. The van der Waals surface area contributed by atoms with Gasteiger partial charge in [0.15, 0.2) is 34.5 Å². The molecule has 2 aliphatic rings. The molecule has 0 saturated carbocycles. The topological polar surface area (TPSA) is 184 Å². The van der Waals surface area contributed by atoms with E-state index in [0.29, 0.717) is 57.1 Å². The summed E-state index contributed by atoms with van der Waals surface area (Å²) in [5.41, 5.74) is 9.82. The second kappa shape index (κ2) is 19.2. The van der Waals surface area contributed by atoms with E-state index in [1.54, 1.807) is 68.4 Å². The van der Waals surface area contributed by atoms with Crippen molar-refractivity contribution in [1.82, 2.24) is 40.4 Å². The summed E-state index contributed by atoms with van der Waals surface area (Å²) in [6, 6.07) is 19.6. The second-order valence-corrected chi connectivity index (χ2v) is 14.4. The van der Waals surface area contributed by atoms with Gasteiger partial charge < -0.3 is 27.9 Å². The summed E-state index contributed by atoms with van der Waals surface area (Å²) in [6.07, 6.45) is 7.02. The van der Waals surface area contributed by atoms with Crippen LogP contribution in [-0.4, -0.2) is 68.6 Å². The van der Waals surface area contributed by atoms with Crippen LogP contribution in [0.4, 0.5) is 8.78 Å². The monoisotopic (exact) mass is 910 g/mol. The average Bonchev–Trinajstić information content (AvgIpc) is 4.13. The Morgan fingerprint density at radius 1 is 0.758 bits per heavy atom. The highest BCUT2D eigenvalue weighted by Gasteiger charge is 2.25. The van der Waals surface area contributed by atoms with Crippen LogP contribution in [-0.2, 0) is 9.68 Å². The Morgan fingerprint density at radius 2 is 1.32 bits per heavy atom. The number of pyridine rings is 2. The Hall–Kier alpha value is -6.96. The van der Waals surface area contributed by atoms with Crippen molar-refractivity contribution < 1.29 is 36.8 Å². The SMILES string of the molecule is C.COc1nc(C2=NC(c3cc4cccc(F)c4o3)CON2)ccc1-n1cnc(C)c1.COc1nc(C2=NC(c3cc4cccc(F)c4o3)CON2)ccc1Br.Cc1cnc[nH]1. The lowest BCUT2D eigenvalue weighted by atomic mass is 10.2. The van der Waals surface area contributed by atoms with E-state index in [0.717, 1.165) is 21.5 Å². The van der Waals surface area contributed by atoms with E-state index in [2.05, 4.69) is 61.8 Å². The van der Waals surface area contributed by atoms with Crippen molar-refractivity contribution in [2.45, 2.75) is 33.4 Å². The van der Waals surface area contributed by atoms with Crippen LogP contribution in [0, 0.1) is 25.5 Å². The number of furan rings is 2. The highest BCUT2D eigenvalue weighted by atomic mass is 79.9. The van der Waals surface area contributed by atoms with Crippen LogP contribution in [0.15, 0.2) is 121 Å². The molecule has 0 saturated heterocycles. The third kappa shape index (κ3) is 9.49. The van der Waals surface area contributed by atoms with Crippen LogP contribution in [0.2, 0.25) is 0 Å². The highest BCUT2D eigenvalue weighted by Crippen LogP contribution is 2.32. The van der Waals surface area contributed by atoms with Gasteiger partial charge in [0, 0.05) is 28.9 Å². The summed E-state index contributed by atoms with van der Waals surface area (Å²) in [4.78, 5) is 39.9. The standard InChI is InChI=1S/C21H18FN5O3.C17H13BrFN3O3.C4H6N2.CH4/c1-12-9-27(11-23-12)17-7-6-15(25-21(17)28-2)20-24-16(10-29-26-20)18-8-13-4-3-5-14(22)19(13)30-18;1-23-17-10(18)5-6-12(21-17)16-20-13(8-24-22-16)14-7-9-3-2-4-11(19)15(9)25-14;1-4-2-5-3-6-4;/h3-9,11,16H,10H2,1-2H3,(H,24,26);2-7,13H,8H2,1H3,(H,20,22);2-3H,1H3,(H,5,6);1H4. The van der Waals surface area contributed by atoms with Gasteiger partial charge in [-0.2, -0.15) is 0 Å². The third-order valence-corrected chi connectivity index (χ3v) is 9.83. The third-order valence-electron chi connectivity index (χ3n) is 9.23. The first-order chi connectivity index (χ1) is 29.7. The van der Waals surface area contributed by atoms with Gasteiger partial charge in [0.2, 0.25) is 11.8 Å². The predicted octanol–water partition coefficient (Wildman–Crippen LogP) is 8.61. The molecule has 320 valence electrons. The van der Waals surface area contributed by atoms with Gasteiger partial charge in [-0.15, -0.1) is 0 Å². The van der Waals surface area contributed by atoms with Gasteiger partial charge in [-0.05, 0) is 78.3 Å². The molecule has 19 heteroatoms. The second-order valence-electron chi connectivity index (χ2n) is 13.5. The number of methoxy groups -OCH3 is 2. The minimum atomic E-state index is -0.434. The average molecular weight is 912 g/mol. The van der Waals surface area contributed by atoms with Crippen molar-refractivity contribution in [1.29, 1.82) is 0 Å². The van der Waals surface area contributed by atoms with Crippen LogP contribution in [0.25, 0.3) is 27.6 Å². The molecule has 2 unspecified atom stereocenters. The van der Waals surface area contributed by atoms with Crippen LogP contribution in [0.1, 0.15) is 53.8 Å². The van der Waals surface area contributed by atoms with Gasteiger partial charge in [-0.3, -0.25) is 19.7 Å². The molecule has 2 atom stereocenters. The number of aromatic amines is 1. The van der Waals surface area contributed by atoms with Crippen molar-refractivity contribution in [2.75, 3.05) is 27.4 Å². The Labute approximate surface area is 362 Å². The molecule has 0 amide bonds. The maximum atomic E-state index is 14.0. The molecule has 10 rings (SSSR count). The number of benzene rings is 2. The molecule has 0 radical (unpaired) electrons. The van der Waals surface area contributed by atoms with Gasteiger partial charge in [0.05, 0.1) is 37.0 Å². The number of nitrogens with zero attached hydrogens (tertiary/aromatic N) is 7. The van der Waals surface area contributed by atoms with E-state index in [-0.39, 0.29) is 31.8 Å². The van der Waals surface area contributed by atoms with Gasteiger partial charge in [0.25, 0.3) is 0 Å². The zero-order valence-corrected chi connectivity index (χ0v) is 34.6. The minimum Gasteiger partial charge on any atom is -0.480 e. The number of aromatic nitrogens is 6. The number of nitrogens with one attached hydrogen (secondary N) is 3. The van der Waals surface area contributed by atoms with E-state index < -0.39 is 23.7 Å². The van der Waals surface area contributed by atoms with Crippen molar-refractivity contribution in [3.8, 4) is 17.4 Å². The summed E-state index contributed by atoms with van der Waals surface area (Å²) < 4.78 is 52.4. The van der Waals surface area contributed by atoms with Gasteiger partial charge >= 0.3 is 0 Å². The molecule has 8 aromatic rings. The largest absolute Gasteiger partial charge is 0.480 e. The number of hydroxylamine groups is 2. The highest BCUT2D eigenvalue weighted by molar-refractivity contribution is 9.10. The minimum absolute atomic E-state index is 0. The van der Waals surface area contributed by atoms with Crippen molar-refractivity contribution in [3.63, 3.8) is 0 Å². The molecule has 3 N–H and O–H groups in total. The van der Waals surface area contributed by atoms with E-state index in [9.17, 15) is 8.78 Å². The number of hydrogen-bond acceptors (Lipinski definition) is 14. The smallest absolute Gasteiger partial charge is 0.238 e. The molecular formula is C43H41BrF2N10O6. The summed E-state index contributed by atoms with van der Waals surface area (Å²) in [5.74, 6) is 1.98. The summed E-state index contributed by atoms with van der Waals surface area (Å²) in [5, 5.41) is 1.37. The Kier molecular flexibility index (Phi) is 13.3. The van der Waals surface area contributed by atoms with Crippen LogP contribution >= 0.6 is 15.9 Å². The summed E-state index contributed by atoms with van der Waals surface area (Å²) in [7, 11) is 3.09. The number of para-hydroxylation sites is 2. The number of ether oxygens (including phenoxy) is 2. The van der Waals surface area contributed by atoms with Gasteiger partial charge in [-0.25, -0.2) is 39.7 Å². The lowest BCUT2D eigenvalue weighted by Crippen LogP contribution is -2.33. The molecule has 2 aromatic carbocycles. The van der Waals surface area contributed by atoms with Crippen molar-refractivity contribution in [3.05, 3.63) is 148 Å². The Morgan fingerprint density at radius 3 is 1.79 bits per heavy atom. The summed E-state index contributed by atoms with van der Waals surface area (Å²) >= 11 is 3.36. The van der Waals surface area contributed by atoms with Crippen LogP contribution in [0.3, 0.4) is 0 Å². The first-order valence-corrected chi connectivity index (χ1v) is 19.5. The molecule has 0 aliphatic carbocycles. The number of amidine groups is 2. The molecule has 16 nitrogen and oxygen atoms in total. The number of fused-ring (bicyclic) bond motifs is 2. The fourth-order valence-corrected chi connectivity index (χ4v) is 6.64. The van der Waals surface area contributed by atoms with E-state index in [4.69, 9.17) is 28.0 Å². The van der Waals surface area contributed by atoms with Gasteiger partial charge in [0.1, 0.15) is 53.9 Å². The van der Waals surface area contributed by atoms with Crippen molar-refractivity contribution >= 4 is 49.5 Å². The normalized spacial score (nSPS) is 15.7. The van der Waals surface area contributed by atoms with Gasteiger partial charge in [-0.1, -0.05) is 31.7 Å². The zero-order valence-electron chi connectivity index (χ0n) is 33.0. The maximum Gasteiger partial charge on any atom is 0.238 e. The molecule has 62 heavy (non-hydrogen) atoms. The van der Waals surface area contributed by atoms with E-state index in [1.165, 1.54) is 19.2 Å². The molecule has 8 heterocycles. The maximum absolute atomic E-state index is 14.0. The fourth-order valence-electron chi connectivity index (χ4n) is 6.26. The zero-order chi connectivity index (χ0) is 42.5. The molecule has 6 aromatic heterocycles. The number of halogens is 3. The fraction of sp³-hybridized carbons (Fsp3) is 0.209. The number of aliphatic imine (C=N–C) groups is 2. The van der Waals surface area contributed by atoms with Crippen molar-refractivity contribution in [2.24, 2.45) is 9.98 Å². The number of imidazole rings is 2. The van der Waals surface area contributed by atoms with Crippen LogP contribution in [0.5, 0.6) is 11.8 Å². The first kappa shape index (κ1) is 43.1. The molecule has 0 spiro atoms. The first-order valence-electron chi connectivity index (χ1n) is 18.7. The molecular weight excluding hydrogens is 870 g/mol. The number of hydrogen-bond donors (Lipinski definition) is 3.